The summed E-state index contributed by atoms with van der Waals surface area (Å²) >= 11 is 0. The normalized spacial score (nSPS) is 15.6. The SMILES string of the molecule is COc1ccccc1N1CCN(c2ccc(NC(=O)C=Cc3ccc([N+](=O)[O-])cc3)cc2C(=O)NCCN2CCOCC2)CC1. The molecule has 5 rings (SSSR count). The first-order valence-electron chi connectivity index (χ1n) is 15.0. The van der Waals surface area contributed by atoms with E-state index in [-0.39, 0.29) is 17.5 Å². The predicted molar refractivity (Wildman–Crippen MR) is 174 cm³/mol. The van der Waals surface area contributed by atoms with Crippen LogP contribution in [0.4, 0.5) is 22.7 Å². The van der Waals surface area contributed by atoms with Crippen molar-refractivity contribution in [3.05, 3.63) is 94.0 Å². The van der Waals surface area contributed by atoms with E-state index in [9.17, 15) is 19.7 Å². The molecule has 0 unspecified atom stereocenters. The first-order chi connectivity index (χ1) is 21.9. The predicted octanol–water partition coefficient (Wildman–Crippen LogP) is 3.64. The minimum atomic E-state index is -0.472. The van der Waals surface area contributed by atoms with Crippen LogP contribution >= 0.6 is 0 Å². The van der Waals surface area contributed by atoms with E-state index in [1.54, 1.807) is 37.5 Å². The van der Waals surface area contributed by atoms with Crippen molar-refractivity contribution in [3.63, 3.8) is 0 Å². The molecule has 0 saturated carbocycles. The summed E-state index contributed by atoms with van der Waals surface area (Å²) < 4.78 is 11.0. The van der Waals surface area contributed by atoms with Crippen LogP contribution in [0.15, 0.2) is 72.8 Å². The molecule has 2 saturated heterocycles. The van der Waals surface area contributed by atoms with Crippen LogP contribution in [-0.4, -0.2) is 94.3 Å². The van der Waals surface area contributed by atoms with E-state index in [0.717, 1.165) is 49.8 Å². The number of methoxy groups -OCH3 is 1. The van der Waals surface area contributed by atoms with Gasteiger partial charge in [-0.1, -0.05) is 12.1 Å². The molecule has 236 valence electrons. The molecule has 0 spiro atoms. The maximum atomic E-state index is 13.6. The van der Waals surface area contributed by atoms with Gasteiger partial charge in [-0.2, -0.15) is 0 Å². The number of benzene rings is 3. The van der Waals surface area contributed by atoms with Crippen LogP contribution in [0.3, 0.4) is 0 Å². The molecule has 2 heterocycles. The van der Waals surface area contributed by atoms with E-state index in [4.69, 9.17) is 9.47 Å². The Morgan fingerprint density at radius 1 is 0.933 bits per heavy atom. The number of hydrogen-bond acceptors (Lipinski definition) is 9. The number of amides is 2. The van der Waals surface area contributed by atoms with E-state index in [2.05, 4.69) is 31.4 Å². The maximum absolute atomic E-state index is 13.6. The molecule has 3 aromatic carbocycles. The summed E-state index contributed by atoms with van der Waals surface area (Å²) in [6.45, 7) is 7.21. The Balaban J connectivity index is 1.28. The molecule has 2 N–H and O–H groups in total. The molecule has 12 nitrogen and oxygen atoms in total. The number of morpholine rings is 1. The highest BCUT2D eigenvalue weighted by Gasteiger charge is 2.24. The fraction of sp³-hybridized carbons (Fsp3) is 0.333. The van der Waals surface area contributed by atoms with Crippen molar-refractivity contribution in [3.8, 4) is 5.75 Å². The lowest BCUT2D eigenvalue weighted by molar-refractivity contribution is -0.384. The van der Waals surface area contributed by atoms with Gasteiger partial charge in [0.15, 0.2) is 0 Å². The van der Waals surface area contributed by atoms with Crippen LogP contribution in [0.25, 0.3) is 6.08 Å². The van der Waals surface area contributed by atoms with Gasteiger partial charge in [-0.05, 0) is 54.1 Å². The minimum absolute atomic E-state index is 0.0198. The summed E-state index contributed by atoms with van der Waals surface area (Å²) in [7, 11) is 1.67. The number of anilines is 3. The van der Waals surface area contributed by atoms with E-state index in [0.29, 0.717) is 49.7 Å². The lowest BCUT2D eigenvalue weighted by Gasteiger charge is -2.38. The van der Waals surface area contributed by atoms with E-state index < -0.39 is 4.92 Å². The highest BCUT2D eigenvalue weighted by Crippen LogP contribution is 2.31. The molecule has 3 aromatic rings. The largest absolute Gasteiger partial charge is 0.495 e. The Hall–Kier alpha value is -4.94. The Labute approximate surface area is 262 Å². The number of carbonyl (C=O) groups excluding carboxylic acids is 2. The number of piperazine rings is 1. The van der Waals surface area contributed by atoms with Gasteiger partial charge in [0.25, 0.3) is 11.6 Å². The van der Waals surface area contributed by atoms with Gasteiger partial charge in [-0.3, -0.25) is 24.6 Å². The monoisotopic (exact) mass is 614 g/mol. The van der Waals surface area contributed by atoms with Crippen LogP contribution < -0.4 is 25.2 Å². The first kappa shape index (κ1) is 31.5. The lowest BCUT2D eigenvalue weighted by atomic mass is 10.1. The topological polar surface area (TPSA) is 130 Å². The summed E-state index contributed by atoms with van der Waals surface area (Å²) in [6.07, 6.45) is 2.93. The van der Waals surface area contributed by atoms with Gasteiger partial charge in [-0.25, -0.2) is 0 Å². The Kier molecular flexibility index (Phi) is 10.6. The van der Waals surface area contributed by atoms with Crippen molar-refractivity contribution in [1.82, 2.24) is 10.2 Å². The lowest BCUT2D eigenvalue weighted by Crippen LogP contribution is -2.47. The molecule has 2 aliphatic rings. The molecular formula is C33H38N6O6. The van der Waals surface area contributed by atoms with Crippen LogP contribution in [0.5, 0.6) is 5.75 Å². The van der Waals surface area contributed by atoms with E-state index in [1.807, 2.05) is 24.3 Å². The second kappa shape index (κ2) is 15.2. The molecule has 0 radical (unpaired) electrons. The second-order valence-corrected chi connectivity index (χ2v) is 10.8. The molecule has 45 heavy (non-hydrogen) atoms. The first-order valence-corrected chi connectivity index (χ1v) is 15.0. The molecule has 2 fully saturated rings. The van der Waals surface area contributed by atoms with Gasteiger partial charge in [0.2, 0.25) is 5.91 Å². The van der Waals surface area contributed by atoms with Crippen LogP contribution in [-0.2, 0) is 9.53 Å². The van der Waals surface area contributed by atoms with Gasteiger partial charge in [-0.15, -0.1) is 0 Å². The van der Waals surface area contributed by atoms with Crippen molar-refractivity contribution in [2.45, 2.75) is 0 Å². The average molecular weight is 615 g/mol. The average Bonchev–Trinajstić information content (AvgIpc) is 3.08. The number of carbonyl (C=O) groups is 2. The molecular weight excluding hydrogens is 576 g/mol. The number of nitrogens with zero attached hydrogens (tertiary/aromatic N) is 4. The van der Waals surface area contributed by atoms with Gasteiger partial charge in [0.05, 0.1) is 36.5 Å². The van der Waals surface area contributed by atoms with Crippen molar-refractivity contribution in [2.75, 3.05) is 87.8 Å². The van der Waals surface area contributed by atoms with E-state index in [1.165, 1.54) is 18.2 Å². The van der Waals surface area contributed by atoms with Crippen LogP contribution in [0.1, 0.15) is 15.9 Å². The number of para-hydroxylation sites is 2. The Bertz CT molecular complexity index is 1510. The third kappa shape index (κ3) is 8.37. The summed E-state index contributed by atoms with van der Waals surface area (Å²) in [4.78, 5) is 43.5. The van der Waals surface area contributed by atoms with Crippen molar-refractivity contribution < 1.29 is 24.0 Å². The minimum Gasteiger partial charge on any atom is -0.495 e. The summed E-state index contributed by atoms with van der Waals surface area (Å²) in [5.41, 5.74) is 3.45. The summed E-state index contributed by atoms with van der Waals surface area (Å²) in [5.74, 6) is 0.238. The fourth-order valence-corrected chi connectivity index (χ4v) is 5.46. The zero-order valence-corrected chi connectivity index (χ0v) is 25.3. The highest BCUT2D eigenvalue weighted by atomic mass is 16.6. The standard InChI is InChI=1S/C33H38N6O6/c1-44-31-5-3-2-4-30(31)38-18-16-37(17-19-38)29-12-9-26(24-28(29)33(41)34-14-15-36-20-22-45-23-21-36)35-32(40)13-8-25-6-10-27(11-7-25)39(42)43/h2-13,24H,14-23H2,1H3,(H,34,41)(H,35,40). The van der Waals surface area contributed by atoms with Gasteiger partial charge in [0, 0.05) is 81.9 Å². The van der Waals surface area contributed by atoms with Crippen LogP contribution in [0.2, 0.25) is 0 Å². The van der Waals surface area contributed by atoms with Crippen LogP contribution in [0, 0.1) is 10.1 Å². The highest BCUT2D eigenvalue weighted by molar-refractivity contribution is 6.05. The quantitative estimate of drug-likeness (QED) is 0.189. The van der Waals surface area contributed by atoms with E-state index >= 15 is 0 Å². The number of hydrogen-bond donors (Lipinski definition) is 2. The smallest absolute Gasteiger partial charge is 0.269 e. The van der Waals surface area contributed by atoms with Gasteiger partial charge in [0.1, 0.15) is 5.75 Å². The molecule has 12 heteroatoms. The molecule has 0 bridgehead atoms. The molecule has 2 aliphatic heterocycles. The Morgan fingerprint density at radius 2 is 1.62 bits per heavy atom. The maximum Gasteiger partial charge on any atom is 0.269 e. The molecule has 2 amide bonds. The van der Waals surface area contributed by atoms with Crippen molar-refractivity contribution >= 4 is 40.6 Å². The zero-order chi connectivity index (χ0) is 31.6. The van der Waals surface area contributed by atoms with Crippen molar-refractivity contribution in [1.29, 1.82) is 0 Å². The van der Waals surface area contributed by atoms with Gasteiger partial charge < -0.3 is 29.9 Å². The number of nitro benzene ring substituents is 1. The number of rotatable bonds is 11. The number of nitro groups is 1. The number of ether oxygens (including phenoxy) is 2. The third-order valence-corrected chi connectivity index (χ3v) is 7.90. The molecule has 0 atom stereocenters. The molecule has 0 aliphatic carbocycles. The Morgan fingerprint density at radius 3 is 2.31 bits per heavy atom. The molecule has 0 aromatic heterocycles. The van der Waals surface area contributed by atoms with Crippen molar-refractivity contribution in [2.24, 2.45) is 0 Å². The third-order valence-electron chi connectivity index (χ3n) is 7.90. The summed E-state index contributed by atoms with van der Waals surface area (Å²) in [5, 5.41) is 16.8. The summed E-state index contributed by atoms with van der Waals surface area (Å²) in [6, 6.07) is 19.3. The number of nitrogens with one attached hydrogen (secondary N) is 2. The number of non-ortho nitro benzene ring substituents is 1. The zero-order valence-electron chi connectivity index (χ0n) is 25.3. The second-order valence-electron chi connectivity index (χ2n) is 10.8. The van der Waals surface area contributed by atoms with Gasteiger partial charge >= 0.3 is 0 Å². The fourth-order valence-electron chi connectivity index (χ4n) is 5.46.